The molecule has 0 aliphatic carbocycles. The average Bonchev–Trinajstić information content (AvgIpc) is 2.78. The van der Waals surface area contributed by atoms with Crippen molar-refractivity contribution in [1.29, 1.82) is 0 Å². The van der Waals surface area contributed by atoms with E-state index in [-0.39, 0.29) is 12.0 Å². The fourth-order valence-electron chi connectivity index (χ4n) is 3.36. The number of nitrogens with one attached hydrogen (secondary N) is 1. The van der Waals surface area contributed by atoms with Gasteiger partial charge in [0.2, 0.25) is 5.91 Å². The first-order chi connectivity index (χ1) is 14.6. The Morgan fingerprint density at radius 1 is 1.07 bits per heavy atom. The van der Waals surface area contributed by atoms with E-state index in [4.69, 9.17) is 14.2 Å². The lowest BCUT2D eigenvalue weighted by molar-refractivity contribution is -0.116. The van der Waals surface area contributed by atoms with Crippen molar-refractivity contribution in [3.05, 3.63) is 59.7 Å². The summed E-state index contributed by atoms with van der Waals surface area (Å²) in [6, 6.07) is 13.4. The molecule has 2 aromatic rings. The molecule has 3 rings (SSSR count). The largest absolute Gasteiger partial charge is 0.493 e. The molecule has 1 aliphatic heterocycles. The normalized spacial score (nSPS) is 15.2. The quantitative estimate of drug-likeness (QED) is 0.675. The van der Waals surface area contributed by atoms with E-state index in [0.717, 1.165) is 42.8 Å². The Hall–Kier alpha value is -2.99. The molecule has 1 fully saturated rings. The summed E-state index contributed by atoms with van der Waals surface area (Å²) in [7, 11) is 5.32. The molecule has 0 bridgehead atoms. The SMILES string of the molecule is COc1ccc(/C=C/C(=O)NCc2ccc(OC3CCN(C)CC3)cc2)cc1OC. The molecule has 1 saturated heterocycles. The number of methoxy groups -OCH3 is 2. The Morgan fingerprint density at radius 3 is 2.43 bits per heavy atom. The van der Waals surface area contributed by atoms with Gasteiger partial charge in [-0.05, 0) is 61.4 Å². The van der Waals surface area contributed by atoms with E-state index in [1.807, 2.05) is 42.5 Å². The van der Waals surface area contributed by atoms with Gasteiger partial charge in [-0.3, -0.25) is 4.79 Å². The van der Waals surface area contributed by atoms with Gasteiger partial charge in [0.1, 0.15) is 11.9 Å². The number of piperidine rings is 1. The molecular weight excluding hydrogens is 380 g/mol. The molecular formula is C24H30N2O4. The summed E-state index contributed by atoms with van der Waals surface area (Å²) in [5.74, 6) is 2.01. The third-order valence-corrected chi connectivity index (χ3v) is 5.19. The molecule has 6 nitrogen and oxygen atoms in total. The van der Waals surface area contributed by atoms with Crippen LogP contribution in [-0.4, -0.2) is 51.3 Å². The van der Waals surface area contributed by atoms with E-state index in [2.05, 4.69) is 17.3 Å². The van der Waals surface area contributed by atoms with Crippen molar-refractivity contribution in [2.45, 2.75) is 25.5 Å². The summed E-state index contributed by atoms with van der Waals surface area (Å²) in [6.45, 7) is 2.61. The second kappa shape index (κ2) is 10.7. The predicted octanol–water partition coefficient (Wildman–Crippen LogP) is 3.51. The molecule has 1 amide bonds. The summed E-state index contributed by atoms with van der Waals surface area (Å²) in [6.07, 6.45) is 5.66. The van der Waals surface area contributed by atoms with Crippen LogP contribution in [0.3, 0.4) is 0 Å². The molecule has 0 unspecified atom stereocenters. The average molecular weight is 411 g/mol. The van der Waals surface area contributed by atoms with Gasteiger partial charge in [0.15, 0.2) is 11.5 Å². The van der Waals surface area contributed by atoms with Crippen LogP contribution in [0.1, 0.15) is 24.0 Å². The van der Waals surface area contributed by atoms with Crippen LogP contribution < -0.4 is 19.5 Å². The van der Waals surface area contributed by atoms with Crippen LogP contribution in [0.2, 0.25) is 0 Å². The molecule has 2 aromatic carbocycles. The molecule has 1 heterocycles. The highest BCUT2D eigenvalue weighted by molar-refractivity contribution is 5.91. The third kappa shape index (κ3) is 6.26. The van der Waals surface area contributed by atoms with Crippen molar-refractivity contribution >= 4 is 12.0 Å². The van der Waals surface area contributed by atoms with Crippen LogP contribution in [0.4, 0.5) is 0 Å². The number of ether oxygens (including phenoxy) is 3. The van der Waals surface area contributed by atoms with Gasteiger partial charge < -0.3 is 24.4 Å². The van der Waals surface area contributed by atoms with Gasteiger partial charge in [-0.1, -0.05) is 18.2 Å². The lowest BCUT2D eigenvalue weighted by Crippen LogP contribution is -2.35. The van der Waals surface area contributed by atoms with Gasteiger partial charge in [0, 0.05) is 25.7 Å². The molecule has 30 heavy (non-hydrogen) atoms. The second-order valence-corrected chi connectivity index (χ2v) is 7.43. The monoisotopic (exact) mass is 410 g/mol. The molecule has 0 atom stereocenters. The number of benzene rings is 2. The van der Waals surface area contributed by atoms with Crippen LogP contribution in [0.25, 0.3) is 6.08 Å². The fourth-order valence-corrected chi connectivity index (χ4v) is 3.36. The van der Waals surface area contributed by atoms with Crippen LogP contribution in [0.5, 0.6) is 17.2 Å². The zero-order chi connectivity index (χ0) is 21.3. The summed E-state index contributed by atoms with van der Waals surface area (Å²) in [5, 5.41) is 2.90. The first kappa shape index (κ1) is 21.7. The molecule has 0 aromatic heterocycles. The molecule has 160 valence electrons. The van der Waals surface area contributed by atoms with E-state index in [1.165, 1.54) is 6.08 Å². The van der Waals surface area contributed by atoms with Crippen LogP contribution in [0.15, 0.2) is 48.5 Å². The molecule has 1 aliphatic rings. The standard InChI is InChI=1S/C24H30N2O4/c1-26-14-12-21(13-15-26)30-20-8-4-19(5-9-20)17-25-24(27)11-7-18-6-10-22(28-2)23(16-18)29-3/h4-11,16,21H,12-15,17H2,1-3H3,(H,25,27)/b11-7+. The van der Waals surface area contributed by atoms with Gasteiger partial charge in [0.05, 0.1) is 14.2 Å². The van der Waals surface area contributed by atoms with Crippen molar-refractivity contribution in [2.24, 2.45) is 0 Å². The van der Waals surface area contributed by atoms with E-state index < -0.39 is 0 Å². The third-order valence-electron chi connectivity index (χ3n) is 5.19. The summed E-state index contributed by atoms with van der Waals surface area (Å²) in [5.41, 5.74) is 1.89. The lowest BCUT2D eigenvalue weighted by atomic mass is 10.1. The minimum absolute atomic E-state index is 0.156. The molecule has 0 spiro atoms. The lowest BCUT2D eigenvalue weighted by Gasteiger charge is -2.29. The Morgan fingerprint density at radius 2 is 1.77 bits per heavy atom. The number of amides is 1. The topological polar surface area (TPSA) is 60.0 Å². The summed E-state index contributed by atoms with van der Waals surface area (Å²) < 4.78 is 16.6. The van der Waals surface area contributed by atoms with Gasteiger partial charge >= 0.3 is 0 Å². The molecule has 1 N–H and O–H groups in total. The van der Waals surface area contributed by atoms with E-state index in [0.29, 0.717) is 18.0 Å². The minimum atomic E-state index is -0.156. The van der Waals surface area contributed by atoms with E-state index in [1.54, 1.807) is 20.3 Å². The highest BCUT2D eigenvalue weighted by atomic mass is 16.5. The second-order valence-electron chi connectivity index (χ2n) is 7.43. The van der Waals surface area contributed by atoms with Crippen LogP contribution in [0, 0.1) is 0 Å². The highest BCUT2D eigenvalue weighted by Gasteiger charge is 2.17. The van der Waals surface area contributed by atoms with Crippen molar-refractivity contribution in [1.82, 2.24) is 10.2 Å². The van der Waals surface area contributed by atoms with E-state index in [9.17, 15) is 4.79 Å². The number of hydrogen-bond acceptors (Lipinski definition) is 5. The Balaban J connectivity index is 1.47. The predicted molar refractivity (Wildman–Crippen MR) is 118 cm³/mol. The Kier molecular flexibility index (Phi) is 7.74. The van der Waals surface area contributed by atoms with Crippen molar-refractivity contribution in [3.63, 3.8) is 0 Å². The van der Waals surface area contributed by atoms with Crippen molar-refractivity contribution in [3.8, 4) is 17.2 Å². The Bertz CT molecular complexity index is 856. The van der Waals surface area contributed by atoms with Crippen molar-refractivity contribution < 1.29 is 19.0 Å². The maximum absolute atomic E-state index is 12.1. The van der Waals surface area contributed by atoms with Gasteiger partial charge in [0.25, 0.3) is 0 Å². The molecule has 0 saturated carbocycles. The van der Waals surface area contributed by atoms with Crippen LogP contribution >= 0.6 is 0 Å². The highest BCUT2D eigenvalue weighted by Crippen LogP contribution is 2.28. The van der Waals surface area contributed by atoms with Gasteiger partial charge in [-0.2, -0.15) is 0 Å². The Labute approximate surface area is 178 Å². The number of hydrogen-bond donors (Lipinski definition) is 1. The van der Waals surface area contributed by atoms with Crippen LogP contribution in [-0.2, 0) is 11.3 Å². The van der Waals surface area contributed by atoms with E-state index >= 15 is 0 Å². The molecule has 0 radical (unpaired) electrons. The maximum atomic E-state index is 12.1. The maximum Gasteiger partial charge on any atom is 0.244 e. The summed E-state index contributed by atoms with van der Waals surface area (Å²) >= 11 is 0. The molecule has 6 heteroatoms. The zero-order valence-electron chi connectivity index (χ0n) is 17.9. The zero-order valence-corrected chi connectivity index (χ0v) is 17.9. The summed E-state index contributed by atoms with van der Waals surface area (Å²) in [4.78, 5) is 14.5. The number of carbonyl (C=O) groups excluding carboxylic acids is 1. The first-order valence-electron chi connectivity index (χ1n) is 10.2. The fraction of sp³-hybridized carbons (Fsp3) is 0.375. The number of nitrogens with zero attached hydrogens (tertiary/aromatic N) is 1. The number of carbonyl (C=O) groups is 1. The minimum Gasteiger partial charge on any atom is -0.493 e. The van der Waals surface area contributed by atoms with Gasteiger partial charge in [-0.15, -0.1) is 0 Å². The van der Waals surface area contributed by atoms with Gasteiger partial charge in [-0.25, -0.2) is 0 Å². The smallest absolute Gasteiger partial charge is 0.244 e. The number of rotatable bonds is 8. The van der Waals surface area contributed by atoms with Crippen molar-refractivity contribution in [2.75, 3.05) is 34.4 Å². The first-order valence-corrected chi connectivity index (χ1v) is 10.2. The number of likely N-dealkylation sites (tertiary alicyclic amines) is 1.